The van der Waals surface area contributed by atoms with Crippen LogP contribution < -0.4 is 10.6 Å². The van der Waals surface area contributed by atoms with Crippen molar-refractivity contribution < 1.29 is 0 Å². The van der Waals surface area contributed by atoms with E-state index < -0.39 is 0 Å². The van der Waals surface area contributed by atoms with Crippen molar-refractivity contribution in [1.29, 1.82) is 0 Å². The molecule has 2 nitrogen and oxygen atoms in total. The molecule has 0 aliphatic carbocycles. The number of hydrogen-bond donors (Lipinski definition) is 2. The predicted molar refractivity (Wildman–Crippen MR) is 66.3 cm³/mol. The quantitative estimate of drug-likeness (QED) is 0.820. The first-order valence-corrected chi connectivity index (χ1v) is 6.77. The van der Waals surface area contributed by atoms with E-state index >= 15 is 0 Å². The van der Waals surface area contributed by atoms with Gasteiger partial charge in [-0.2, -0.15) is 11.3 Å². The summed E-state index contributed by atoms with van der Waals surface area (Å²) in [4.78, 5) is 0. The van der Waals surface area contributed by atoms with Gasteiger partial charge in [0, 0.05) is 6.04 Å². The summed E-state index contributed by atoms with van der Waals surface area (Å²) in [7, 11) is 0. The van der Waals surface area contributed by atoms with Crippen LogP contribution >= 0.6 is 11.3 Å². The van der Waals surface area contributed by atoms with E-state index in [9.17, 15) is 0 Å². The van der Waals surface area contributed by atoms with Crippen LogP contribution in [-0.2, 0) is 0 Å². The highest BCUT2D eigenvalue weighted by atomic mass is 32.1. The number of thiophene rings is 1. The zero-order valence-corrected chi connectivity index (χ0v) is 10.1. The minimum atomic E-state index is 0.498. The summed E-state index contributed by atoms with van der Waals surface area (Å²) in [5.74, 6) is 0.819. The third-order valence-electron chi connectivity index (χ3n) is 3.15. The summed E-state index contributed by atoms with van der Waals surface area (Å²) in [6, 6.07) is 2.71. The number of hydrogen-bond acceptors (Lipinski definition) is 3. The van der Waals surface area contributed by atoms with Crippen molar-refractivity contribution in [3.8, 4) is 0 Å². The van der Waals surface area contributed by atoms with E-state index in [0.717, 1.165) is 12.5 Å². The Morgan fingerprint density at radius 3 is 3.27 bits per heavy atom. The molecular weight excluding hydrogens is 204 g/mol. The summed E-state index contributed by atoms with van der Waals surface area (Å²) in [6.07, 6.45) is 2.70. The molecule has 0 saturated carbocycles. The van der Waals surface area contributed by atoms with E-state index in [1.54, 1.807) is 11.3 Å². The molecule has 0 radical (unpaired) electrons. The maximum atomic E-state index is 3.62. The lowest BCUT2D eigenvalue weighted by Gasteiger charge is -2.24. The van der Waals surface area contributed by atoms with Gasteiger partial charge in [0.25, 0.3) is 0 Å². The molecule has 2 heterocycles. The lowest BCUT2D eigenvalue weighted by atomic mass is 9.99. The average molecular weight is 224 g/mol. The molecule has 1 aliphatic rings. The van der Waals surface area contributed by atoms with Gasteiger partial charge in [0.05, 0.1) is 0 Å². The van der Waals surface area contributed by atoms with E-state index in [2.05, 4.69) is 34.4 Å². The van der Waals surface area contributed by atoms with Crippen LogP contribution in [0.3, 0.4) is 0 Å². The standard InChI is InChI=1S/C12H20N2S/c1-10(12-4-6-15-9-12)14-8-11-3-2-5-13-7-11/h4,6,9-11,13-14H,2-3,5,7-8H2,1H3. The number of piperidine rings is 1. The van der Waals surface area contributed by atoms with Crippen molar-refractivity contribution in [3.05, 3.63) is 22.4 Å². The Labute approximate surface area is 96.1 Å². The molecule has 1 aromatic heterocycles. The van der Waals surface area contributed by atoms with Gasteiger partial charge in [0.2, 0.25) is 0 Å². The van der Waals surface area contributed by atoms with Crippen molar-refractivity contribution in [2.45, 2.75) is 25.8 Å². The van der Waals surface area contributed by atoms with Gasteiger partial charge in [-0.15, -0.1) is 0 Å². The fourth-order valence-corrected chi connectivity index (χ4v) is 2.83. The predicted octanol–water partition coefficient (Wildman–Crippen LogP) is 2.40. The first kappa shape index (κ1) is 11.1. The molecule has 1 fully saturated rings. The Morgan fingerprint density at radius 1 is 1.67 bits per heavy atom. The minimum absolute atomic E-state index is 0.498. The fourth-order valence-electron chi connectivity index (χ4n) is 2.08. The van der Waals surface area contributed by atoms with Crippen LogP contribution in [0.15, 0.2) is 16.8 Å². The van der Waals surface area contributed by atoms with E-state index in [-0.39, 0.29) is 0 Å². The Balaban J connectivity index is 1.73. The van der Waals surface area contributed by atoms with Gasteiger partial charge >= 0.3 is 0 Å². The van der Waals surface area contributed by atoms with E-state index in [0.29, 0.717) is 6.04 Å². The van der Waals surface area contributed by atoms with Crippen LogP contribution in [-0.4, -0.2) is 19.6 Å². The van der Waals surface area contributed by atoms with E-state index in [1.165, 1.54) is 31.5 Å². The largest absolute Gasteiger partial charge is 0.316 e. The topological polar surface area (TPSA) is 24.1 Å². The van der Waals surface area contributed by atoms with Gasteiger partial charge in [-0.05, 0) is 67.7 Å². The maximum absolute atomic E-state index is 3.62. The van der Waals surface area contributed by atoms with Crippen LogP contribution in [0.1, 0.15) is 31.4 Å². The van der Waals surface area contributed by atoms with Crippen LogP contribution in [0.2, 0.25) is 0 Å². The third-order valence-corrected chi connectivity index (χ3v) is 3.86. The monoisotopic (exact) mass is 224 g/mol. The van der Waals surface area contributed by atoms with Crippen LogP contribution in [0, 0.1) is 5.92 Å². The minimum Gasteiger partial charge on any atom is -0.316 e. The Kier molecular flexibility index (Phi) is 4.18. The lowest BCUT2D eigenvalue weighted by Crippen LogP contribution is -2.36. The van der Waals surface area contributed by atoms with E-state index in [1.807, 2.05) is 0 Å². The zero-order chi connectivity index (χ0) is 10.5. The Bertz CT molecular complexity index is 265. The highest BCUT2D eigenvalue weighted by Crippen LogP contribution is 2.16. The van der Waals surface area contributed by atoms with E-state index in [4.69, 9.17) is 0 Å². The smallest absolute Gasteiger partial charge is 0.0300 e. The summed E-state index contributed by atoms with van der Waals surface area (Å²) in [5.41, 5.74) is 1.42. The summed E-state index contributed by atoms with van der Waals surface area (Å²) >= 11 is 1.78. The first-order valence-electron chi connectivity index (χ1n) is 5.82. The zero-order valence-electron chi connectivity index (χ0n) is 9.33. The van der Waals surface area contributed by atoms with Gasteiger partial charge in [0.1, 0.15) is 0 Å². The second-order valence-electron chi connectivity index (χ2n) is 4.40. The molecule has 1 saturated heterocycles. The molecule has 2 unspecified atom stereocenters. The van der Waals surface area contributed by atoms with Crippen molar-refractivity contribution in [2.75, 3.05) is 19.6 Å². The number of nitrogens with one attached hydrogen (secondary N) is 2. The van der Waals surface area contributed by atoms with Crippen molar-refractivity contribution in [1.82, 2.24) is 10.6 Å². The van der Waals surface area contributed by atoms with Crippen molar-refractivity contribution in [2.24, 2.45) is 5.92 Å². The molecule has 1 aliphatic heterocycles. The first-order chi connectivity index (χ1) is 7.36. The molecule has 2 atom stereocenters. The van der Waals surface area contributed by atoms with Gasteiger partial charge in [-0.1, -0.05) is 0 Å². The fraction of sp³-hybridized carbons (Fsp3) is 0.667. The molecule has 0 amide bonds. The normalized spacial score (nSPS) is 23.9. The maximum Gasteiger partial charge on any atom is 0.0300 e. The highest BCUT2D eigenvalue weighted by molar-refractivity contribution is 7.07. The van der Waals surface area contributed by atoms with Gasteiger partial charge in [-0.3, -0.25) is 0 Å². The molecule has 2 N–H and O–H groups in total. The second-order valence-corrected chi connectivity index (χ2v) is 5.18. The summed E-state index contributed by atoms with van der Waals surface area (Å²) in [5, 5.41) is 11.5. The van der Waals surface area contributed by atoms with Gasteiger partial charge in [0.15, 0.2) is 0 Å². The summed E-state index contributed by atoms with van der Waals surface area (Å²) < 4.78 is 0. The molecule has 84 valence electrons. The van der Waals surface area contributed by atoms with Crippen molar-refractivity contribution in [3.63, 3.8) is 0 Å². The van der Waals surface area contributed by atoms with Crippen LogP contribution in [0.4, 0.5) is 0 Å². The van der Waals surface area contributed by atoms with Gasteiger partial charge in [-0.25, -0.2) is 0 Å². The van der Waals surface area contributed by atoms with Crippen molar-refractivity contribution >= 4 is 11.3 Å². The lowest BCUT2D eigenvalue weighted by molar-refractivity contribution is 0.348. The average Bonchev–Trinajstić information content (AvgIpc) is 2.81. The molecule has 15 heavy (non-hydrogen) atoms. The molecule has 2 rings (SSSR count). The molecule has 0 bridgehead atoms. The molecular formula is C12H20N2S. The second kappa shape index (κ2) is 5.64. The SMILES string of the molecule is CC(NCC1CCCNC1)c1ccsc1. The summed E-state index contributed by atoms with van der Waals surface area (Å²) in [6.45, 7) is 5.78. The molecule has 1 aromatic rings. The third kappa shape index (κ3) is 3.30. The van der Waals surface area contributed by atoms with Crippen LogP contribution in [0.25, 0.3) is 0 Å². The molecule has 3 heteroatoms. The highest BCUT2D eigenvalue weighted by Gasteiger charge is 2.14. The molecule has 0 aromatic carbocycles. The van der Waals surface area contributed by atoms with Gasteiger partial charge < -0.3 is 10.6 Å². The molecule has 0 spiro atoms. The number of rotatable bonds is 4. The Morgan fingerprint density at radius 2 is 2.60 bits per heavy atom. The van der Waals surface area contributed by atoms with Crippen LogP contribution in [0.5, 0.6) is 0 Å². The Hall–Kier alpha value is -0.380.